The van der Waals surface area contributed by atoms with Crippen LogP contribution in [0.15, 0.2) is 12.2 Å². The predicted molar refractivity (Wildman–Crippen MR) is 47.0 cm³/mol. The summed E-state index contributed by atoms with van der Waals surface area (Å²) in [6.07, 6.45) is 5.96. The summed E-state index contributed by atoms with van der Waals surface area (Å²) < 4.78 is 0. The van der Waals surface area contributed by atoms with Crippen LogP contribution in [0.3, 0.4) is 0 Å². The highest BCUT2D eigenvalue weighted by Crippen LogP contribution is 2.17. The van der Waals surface area contributed by atoms with E-state index in [1.54, 1.807) is 0 Å². The summed E-state index contributed by atoms with van der Waals surface area (Å²) in [4.78, 5) is 10.7. The van der Waals surface area contributed by atoms with Gasteiger partial charge in [0.2, 0.25) is 0 Å². The van der Waals surface area contributed by atoms with Crippen LogP contribution in [-0.2, 0) is 4.79 Å². The van der Waals surface area contributed by atoms with E-state index < -0.39 is 5.97 Å². The molecule has 0 amide bonds. The van der Waals surface area contributed by atoms with Crippen molar-refractivity contribution in [3.63, 3.8) is 0 Å². The Hall–Kier alpha value is -0.830. The Balaban J connectivity index is 2.52. The van der Waals surface area contributed by atoms with E-state index in [9.17, 15) is 4.79 Å². The van der Waals surface area contributed by atoms with Crippen molar-refractivity contribution >= 4 is 5.97 Å². The van der Waals surface area contributed by atoms with E-state index >= 15 is 0 Å². The van der Waals surface area contributed by atoms with Gasteiger partial charge in [0.15, 0.2) is 0 Å². The number of rotatable bonds is 3. The lowest BCUT2D eigenvalue weighted by Crippen LogP contribution is -2.34. The van der Waals surface area contributed by atoms with E-state index in [1.165, 1.54) is 0 Å². The summed E-state index contributed by atoms with van der Waals surface area (Å²) in [6.45, 7) is 2.87. The van der Waals surface area contributed by atoms with Crippen molar-refractivity contribution in [2.45, 2.75) is 25.8 Å². The van der Waals surface area contributed by atoms with E-state index in [0.717, 1.165) is 19.4 Å². The minimum absolute atomic E-state index is 0.183. The van der Waals surface area contributed by atoms with Crippen LogP contribution in [0.25, 0.3) is 0 Å². The molecule has 1 heterocycles. The highest BCUT2D eigenvalue weighted by molar-refractivity contribution is 5.74. The largest absolute Gasteiger partial charge is 0.480 e. The topological polar surface area (TPSA) is 49.3 Å². The van der Waals surface area contributed by atoms with Gasteiger partial charge in [-0.05, 0) is 19.4 Å². The third-order valence-corrected chi connectivity index (χ3v) is 2.16. The molecule has 0 spiro atoms. The molecule has 1 saturated heterocycles. The first-order valence-electron chi connectivity index (χ1n) is 4.38. The van der Waals surface area contributed by atoms with Gasteiger partial charge in [-0.25, -0.2) is 0 Å². The lowest BCUT2D eigenvalue weighted by molar-refractivity contribution is -0.139. The molecule has 68 valence electrons. The van der Waals surface area contributed by atoms with Crippen LogP contribution in [-0.4, -0.2) is 23.7 Å². The third kappa shape index (κ3) is 2.08. The molecule has 0 aliphatic carbocycles. The van der Waals surface area contributed by atoms with Gasteiger partial charge in [0, 0.05) is 5.92 Å². The third-order valence-electron chi connectivity index (χ3n) is 2.16. The Morgan fingerprint density at radius 1 is 1.75 bits per heavy atom. The molecule has 0 aromatic carbocycles. The SMILES string of the molecule is CCC=CC1CCNC1C(=O)O. The van der Waals surface area contributed by atoms with Crippen molar-refractivity contribution in [1.82, 2.24) is 5.32 Å². The molecule has 2 unspecified atom stereocenters. The maximum absolute atomic E-state index is 10.7. The number of carbonyl (C=O) groups is 1. The molecule has 1 fully saturated rings. The standard InChI is InChI=1S/C9H15NO2/c1-2-3-4-7-5-6-10-8(7)9(11)12/h3-4,7-8,10H,2,5-6H2,1H3,(H,11,12). The minimum Gasteiger partial charge on any atom is -0.480 e. The Labute approximate surface area is 72.5 Å². The van der Waals surface area contributed by atoms with Crippen LogP contribution >= 0.6 is 0 Å². The zero-order chi connectivity index (χ0) is 8.97. The average molecular weight is 169 g/mol. The van der Waals surface area contributed by atoms with Crippen LogP contribution < -0.4 is 5.32 Å². The molecule has 12 heavy (non-hydrogen) atoms. The zero-order valence-corrected chi connectivity index (χ0v) is 7.29. The van der Waals surface area contributed by atoms with E-state index in [0.29, 0.717) is 0 Å². The predicted octanol–water partition coefficient (Wildman–Crippen LogP) is 1.02. The molecule has 0 bridgehead atoms. The minimum atomic E-state index is -0.738. The van der Waals surface area contributed by atoms with Gasteiger partial charge >= 0.3 is 5.97 Å². The summed E-state index contributed by atoms with van der Waals surface area (Å²) in [5, 5.41) is 11.8. The van der Waals surface area contributed by atoms with Gasteiger partial charge in [0.05, 0.1) is 0 Å². The Bertz CT molecular complexity index is 189. The Morgan fingerprint density at radius 2 is 2.50 bits per heavy atom. The Morgan fingerprint density at radius 3 is 3.08 bits per heavy atom. The first kappa shape index (κ1) is 9.26. The fraction of sp³-hybridized carbons (Fsp3) is 0.667. The lowest BCUT2D eigenvalue weighted by Gasteiger charge is -2.10. The van der Waals surface area contributed by atoms with Gasteiger partial charge in [0.25, 0.3) is 0 Å². The van der Waals surface area contributed by atoms with Gasteiger partial charge in [-0.3, -0.25) is 4.79 Å². The molecular formula is C9H15NO2. The molecule has 0 saturated carbocycles. The molecule has 1 aliphatic heterocycles. The molecule has 3 nitrogen and oxygen atoms in total. The summed E-state index contributed by atoms with van der Waals surface area (Å²) in [6, 6.07) is -0.368. The summed E-state index contributed by atoms with van der Waals surface area (Å²) >= 11 is 0. The van der Waals surface area contributed by atoms with Crippen LogP contribution in [0, 0.1) is 5.92 Å². The van der Waals surface area contributed by atoms with E-state index in [2.05, 4.69) is 12.2 Å². The van der Waals surface area contributed by atoms with Crippen LogP contribution in [0.2, 0.25) is 0 Å². The number of carboxylic acids is 1. The van der Waals surface area contributed by atoms with Crippen molar-refractivity contribution in [3.8, 4) is 0 Å². The summed E-state index contributed by atoms with van der Waals surface area (Å²) in [5.41, 5.74) is 0. The van der Waals surface area contributed by atoms with Crippen LogP contribution in [0.5, 0.6) is 0 Å². The maximum atomic E-state index is 10.7. The van der Waals surface area contributed by atoms with Gasteiger partial charge in [-0.2, -0.15) is 0 Å². The molecule has 2 N–H and O–H groups in total. The molecule has 0 aromatic heterocycles. The summed E-state index contributed by atoms with van der Waals surface area (Å²) in [5.74, 6) is -0.555. The number of allylic oxidation sites excluding steroid dienone is 1. The molecule has 2 atom stereocenters. The zero-order valence-electron chi connectivity index (χ0n) is 7.29. The summed E-state index contributed by atoms with van der Waals surface area (Å²) in [7, 11) is 0. The molecule has 1 rings (SSSR count). The Kier molecular flexibility index (Phi) is 3.29. The lowest BCUT2D eigenvalue weighted by atomic mass is 10.0. The molecule has 3 heteroatoms. The molecular weight excluding hydrogens is 154 g/mol. The molecule has 0 radical (unpaired) electrons. The fourth-order valence-electron chi connectivity index (χ4n) is 1.51. The highest BCUT2D eigenvalue weighted by Gasteiger charge is 2.30. The first-order valence-corrected chi connectivity index (χ1v) is 4.38. The van der Waals surface area contributed by atoms with E-state index in [4.69, 9.17) is 5.11 Å². The second-order valence-electron chi connectivity index (χ2n) is 3.06. The number of hydrogen-bond acceptors (Lipinski definition) is 2. The van der Waals surface area contributed by atoms with Crippen molar-refractivity contribution < 1.29 is 9.90 Å². The van der Waals surface area contributed by atoms with Gasteiger partial charge in [-0.15, -0.1) is 0 Å². The second kappa shape index (κ2) is 4.26. The van der Waals surface area contributed by atoms with Gasteiger partial charge < -0.3 is 10.4 Å². The van der Waals surface area contributed by atoms with Gasteiger partial charge in [-0.1, -0.05) is 19.1 Å². The van der Waals surface area contributed by atoms with Crippen molar-refractivity contribution in [2.75, 3.05) is 6.54 Å². The number of carboxylic acid groups (broad SMARTS) is 1. The van der Waals surface area contributed by atoms with Crippen molar-refractivity contribution in [2.24, 2.45) is 5.92 Å². The first-order chi connectivity index (χ1) is 5.75. The van der Waals surface area contributed by atoms with Crippen LogP contribution in [0.1, 0.15) is 19.8 Å². The molecule has 0 aromatic rings. The monoisotopic (exact) mass is 169 g/mol. The number of nitrogens with one attached hydrogen (secondary N) is 1. The normalized spacial score (nSPS) is 29.8. The van der Waals surface area contributed by atoms with Crippen molar-refractivity contribution in [3.05, 3.63) is 12.2 Å². The number of hydrogen-bond donors (Lipinski definition) is 2. The second-order valence-corrected chi connectivity index (χ2v) is 3.06. The average Bonchev–Trinajstić information content (AvgIpc) is 2.48. The highest BCUT2D eigenvalue weighted by atomic mass is 16.4. The number of aliphatic carboxylic acids is 1. The molecule has 1 aliphatic rings. The maximum Gasteiger partial charge on any atom is 0.321 e. The smallest absolute Gasteiger partial charge is 0.321 e. The van der Waals surface area contributed by atoms with E-state index in [-0.39, 0.29) is 12.0 Å². The van der Waals surface area contributed by atoms with E-state index in [1.807, 2.05) is 12.2 Å². The van der Waals surface area contributed by atoms with Crippen molar-refractivity contribution in [1.29, 1.82) is 0 Å². The van der Waals surface area contributed by atoms with Gasteiger partial charge in [0.1, 0.15) is 6.04 Å². The van der Waals surface area contributed by atoms with Crippen LogP contribution in [0.4, 0.5) is 0 Å². The quantitative estimate of drug-likeness (QED) is 0.620. The fourth-order valence-corrected chi connectivity index (χ4v) is 1.51.